The minimum absolute atomic E-state index is 0.535. The van der Waals surface area contributed by atoms with Crippen LogP contribution in [0.3, 0.4) is 0 Å². The molecule has 0 aliphatic rings. The molecular formula is C16H14Cl2N6O2Os. The molecular weight excluding hydrogens is 569 g/mol. The van der Waals surface area contributed by atoms with Crippen molar-refractivity contribution < 1.29 is 24.5 Å². The molecule has 4 aromatic rings. The van der Waals surface area contributed by atoms with Gasteiger partial charge in [-0.25, -0.2) is 0 Å². The maximum absolute atomic E-state index is 4.90. The van der Waals surface area contributed by atoms with Crippen LogP contribution in [0.15, 0.2) is 57.8 Å². The first-order valence-electron chi connectivity index (χ1n) is 7.42. The first kappa shape index (κ1) is 21.1. The molecule has 142 valence electrons. The van der Waals surface area contributed by atoms with E-state index in [1.807, 2.05) is 36.4 Å². The van der Waals surface area contributed by atoms with E-state index in [1.54, 1.807) is 26.2 Å². The van der Waals surface area contributed by atoms with Crippen molar-refractivity contribution in [1.29, 1.82) is 0 Å². The summed E-state index contributed by atoms with van der Waals surface area (Å²) in [5.74, 6) is 2.17. The predicted octanol–water partition coefficient (Wildman–Crippen LogP) is 4.26. The molecule has 0 spiro atoms. The standard InChI is InChI=1S/2C8H7N3O.2ClH.Os/c2*1-6-10-8(11-12-6)7-4-2-3-5-9-7;;;/h2*2-5H,1H3;2*1H;/q;;;;+2/p-2. The fourth-order valence-electron chi connectivity index (χ4n) is 1.80. The Labute approximate surface area is 171 Å². The number of aromatic nitrogens is 6. The second kappa shape index (κ2) is 11.5. The molecule has 0 unspecified atom stereocenters. The van der Waals surface area contributed by atoms with E-state index in [-0.39, 0.29) is 0 Å². The molecule has 4 aromatic heterocycles. The van der Waals surface area contributed by atoms with Crippen molar-refractivity contribution in [3.63, 3.8) is 0 Å². The Morgan fingerprint density at radius 2 is 1.15 bits per heavy atom. The van der Waals surface area contributed by atoms with Crippen LogP contribution in [-0.2, 0) is 15.4 Å². The SMILES string of the molecule is Cc1nc(-c2ccccn2)no1.Cc1nc(-c2ccccn2)no1.[Cl][Os][Cl]. The molecule has 0 fully saturated rings. The van der Waals surface area contributed by atoms with Crippen molar-refractivity contribution >= 4 is 19.3 Å². The first-order chi connectivity index (χ1) is 13.1. The van der Waals surface area contributed by atoms with E-state index >= 15 is 0 Å². The molecule has 0 saturated carbocycles. The molecule has 0 bridgehead atoms. The summed E-state index contributed by atoms with van der Waals surface area (Å²) >= 11 is -0.639. The van der Waals surface area contributed by atoms with Crippen molar-refractivity contribution in [2.45, 2.75) is 13.8 Å². The van der Waals surface area contributed by atoms with E-state index in [4.69, 9.17) is 28.3 Å². The van der Waals surface area contributed by atoms with Crippen molar-refractivity contribution in [2.24, 2.45) is 0 Å². The molecule has 0 aliphatic carbocycles. The fourth-order valence-corrected chi connectivity index (χ4v) is 1.80. The van der Waals surface area contributed by atoms with Gasteiger partial charge in [0.1, 0.15) is 11.4 Å². The zero-order valence-electron chi connectivity index (χ0n) is 14.2. The van der Waals surface area contributed by atoms with Gasteiger partial charge in [0, 0.05) is 26.2 Å². The van der Waals surface area contributed by atoms with Gasteiger partial charge in [0.2, 0.25) is 23.4 Å². The molecule has 27 heavy (non-hydrogen) atoms. The zero-order chi connectivity index (χ0) is 19.5. The molecule has 0 aromatic carbocycles. The maximum atomic E-state index is 4.90. The third kappa shape index (κ3) is 7.14. The molecule has 0 N–H and O–H groups in total. The summed E-state index contributed by atoms with van der Waals surface area (Å²) in [6, 6.07) is 11.1. The third-order valence-corrected chi connectivity index (χ3v) is 2.84. The van der Waals surface area contributed by atoms with Gasteiger partial charge in [0.05, 0.1) is 0 Å². The van der Waals surface area contributed by atoms with Crippen LogP contribution in [0.4, 0.5) is 0 Å². The number of halogens is 2. The summed E-state index contributed by atoms with van der Waals surface area (Å²) in [5, 5.41) is 7.47. The van der Waals surface area contributed by atoms with E-state index in [9.17, 15) is 0 Å². The van der Waals surface area contributed by atoms with E-state index in [1.165, 1.54) is 0 Å². The van der Waals surface area contributed by atoms with Crippen LogP contribution in [0.25, 0.3) is 23.0 Å². The molecule has 8 nitrogen and oxygen atoms in total. The van der Waals surface area contributed by atoms with Crippen molar-refractivity contribution in [3.05, 3.63) is 60.6 Å². The van der Waals surface area contributed by atoms with E-state index < -0.39 is 15.4 Å². The Kier molecular flexibility index (Phi) is 8.99. The number of pyridine rings is 2. The first-order valence-corrected chi connectivity index (χ1v) is 13.7. The van der Waals surface area contributed by atoms with Crippen LogP contribution in [-0.4, -0.2) is 30.2 Å². The molecule has 0 aliphatic heterocycles. The Balaban J connectivity index is 0.000000170. The van der Waals surface area contributed by atoms with Crippen LogP contribution in [0.1, 0.15) is 11.8 Å². The van der Waals surface area contributed by atoms with Gasteiger partial charge in [0.15, 0.2) is 0 Å². The van der Waals surface area contributed by atoms with Crippen LogP contribution in [0.5, 0.6) is 0 Å². The molecule has 0 saturated heterocycles. The van der Waals surface area contributed by atoms with Gasteiger partial charge in [-0.2, -0.15) is 9.97 Å². The molecule has 0 amide bonds. The summed E-state index contributed by atoms with van der Waals surface area (Å²) in [6.45, 7) is 3.50. The van der Waals surface area contributed by atoms with E-state index in [0.29, 0.717) is 23.4 Å². The molecule has 11 heteroatoms. The van der Waals surface area contributed by atoms with Crippen molar-refractivity contribution in [1.82, 2.24) is 30.2 Å². The number of hydrogen-bond donors (Lipinski definition) is 0. The Bertz CT molecular complexity index is 845. The number of rotatable bonds is 2. The van der Waals surface area contributed by atoms with Gasteiger partial charge in [-0.3, -0.25) is 9.97 Å². The predicted molar refractivity (Wildman–Crippen MR) is 96.2 cm³/mol. The number of hydrogen-bond acceptors (Lipinski definition) is 8. The summed E-state index contributed by atoms with van der Waals surface area (Å²) < 4.78 is 9.64. The van der Waals surface area contributed by atoms with Crippen molar-refractivity contribution in [3.8, 4) is 23.0 Å². The Morgan fingerprint density at radius 1 is 0.741 bits per heavy atom. The molecule has 0 atom stereocenters. The normalized spacial score (nSPS) is 9.78. The molecule has 4 heterocycles. The topological polar surface area (TPSA) is 104 Å². The summed E-state index contributed by atoms with van der Waals surface area (Å²) in [5.41, 5.74) is 1.46. The van der Waals surface area contributed by atoms with Crippen LogP contribution in [0, 0.1) is 13.8 Å². The Morgan fingerprint density at radius 3 is 1.41 bits per heavy atom. The molecule has 4 rings (SSSR count). The quantitative estimate of drug-likeness (QED) is 0.345. The Hall–Kier alpha value is -2.20. The van der Waals surface area contributed by atoms with Gasteiger partial charge < -0.3 is 9.05 Å². The van der Waals surface area contributed by atoms with Gasteiger partial charge in [-0.05, 0) is 24.3 Å². The van der Waals surface area contributed by atoms with Gasteiger partial charge >= 0.3 is 34.7 Å². The number of nitrogens with zero attached hydrogens (tertiary/aromatic N) is 6. The second-order valence-corrected chi connectivity index (χ2v) is 8.42. The molecule has 0 radical (unpaired) electrons. The fraction of sp³-hybridized carbons (Fsp3) is 0.125. The average Bonchev–Trinajstić information content (AvgIpc) is 3.33. The second-order valence-electron chi connectivity index (χ2n) is 4.75. The van der Waals surface area contributed by atoms with Gasteiger partial charge in [-0.15, -0.1) is 0 Å². The van der Waals surface area contributed by atoms with Crippen LogP contribution in [0.2, 0.25) is 0 Å². The average molecular weight is 583 g/mol. The van der Waals surface area contributed by atoms with E-state index in [2.05, 4.69) is 30.2 Å². The van der Waals surface area contributed by atoms with Crippen molar-refractivity contribution in [2.75, 3.05) is 0 Å². The van der Waals surface area contributed by atoms with Gasteiger partial charge in [0.25, 0.3) is 0 Å². The monoisotopic (exact) mass is 584 g/mol. The summed E-state index contributed by atoms with van der Waals surface area (Å²) in [7, 11) is 9.81. The van der Waals surface area contributed by atoms with Crippen LogP contribution < -0.4 is 0 Å². The van der Waals surface area contributed by atoms with E-state index in [0.717, 1.165) is 11.4 Å². The minimum atomic E-state index is -0.639. The van der Waals surface area contributed by atoms with Gasteiger partial charge in [-0.1, -0.05) is 22.4 Å². The summed E-state index contributed by atoms with van der Waals surface area (Å²) in [4.78, 5) is 16.2. The zero-order valence-corrected chi connectivity index (χ0v) is 18.3. The van der Waals surface area contributed by atoms with Crippen LogP contribution >= 0.6 is 19.3 Å². The summed E-state index contributed by atoms with van der Waals surface area (Å²) in [6.07, 6.45) is 3.39. The number of aryl methyl sites for hydroxylation is 2. The third-order valence-electron chi connectivity index (χ3n) is 2.84.